The summed E-state index contributed by atoms with van der Waals surface area (Å²) in [5.41, 5.74) is 9.84. The molecule has 5 rings (SSSR count). The Bertz CT molecular complexity index is 1120. The first-order valence-corrected chi connectivity index (χ1v) is 12.4. The first-order valence-electron chi connectivity index (χ1n) is 11.5. The fourth-order valence-electron chi connectivity index (χ4n) is 4.02. The molecule has 2 fully saturated rings. The zero-order valence-electron chi connectivity index (χ0n) is 19.8. The van der Waals surface area contributed by atoms with E-state index in [0.717, 1.165) is 17.0 Å². The van der Waals surface area contributed by atoms with E-state index in [2.05, 4.69) is 38.3 Å². The number of methoxy groups -OCH3 is 1. The molecular formula is C24H29F2N7OS. The van der Waals surface area contributed by atoms with Gasteiger partial charge in [-0.3, -0.25) is 4.98 Å². The third-order valence-corrected chi connectivity index (χ3v) is 7.13. The minimum absolute atomic E-state index is 0.0349. The second kappa shape index (κ2) is 9.97. The number of nitrogens with zero attached hydrogens (tertiary/aromatic N) is 3. The predicted molar refractivity (Wildman–Crippen MR) is 134 cm³/mol. The highest BCUT2D eigenvalue weighted by atomic mass is 32.2. The molecule has 4 heterocycles. The lowest BCUT2D eigenvalue weighted by molar-refractivity contribution is 0.0780. The number of likely N-dealkylation sites (N-methyl/N-ethyl adjacent to an activating group) is 1. The quantitative estimate of drug-likeness (QED) is 0.440. The van der Waals surface area contributed by atoms with Crippen molar-refractivity contribution in [2.75, 3.05) is 33.2 Å². The van der Waals surface area contributed by atoms with Gasteiger partial charge in [0.1, 0.15) is 22.7 Å². The number of hydrazine groups is 1. The van der Waals surface area contributed by atoms with Gasteiger partial charge in [0.15, 0.2) is 0 Å². The van der Waals surface area contributed by atoms with Crippen molar-refractivity contribution >= 4 is 28.7 Å². The van der Waals surface area contributed by atoms with Gasteiger partial charge in [0.25, 0.3) is 6.43 Å². The molecule has 1 saturated heterocycles. The summed E-state index contributed by atoms with van der Waals surface area (Å²) >= 11 is 1.61. The zero-order chi connectivity index (χ0) is 24.5. The summed E-state index contributed by atoms with van der Waals surface area (Å²) in [7, 11) is 5.13. The molecule has 3 atom stereocenters. The Morgan fingerprint density at radius 2 is 2.06 bits per heavy atom. The number of hydrogen-bond donors (Lipinski definition) is 4. The van der Waals surface area contributed by atoms with Crippen LogP contribution in [-0.2, 0) is 4.74 Å². The lowest BCUT2D eigenvalue weighted by Gasteiger charge is -2.31. The van der Waals surface area contributed by atoms with E-state index in [1.165, 1.54) is 17.7 Å². The summed E-state index contributed by atoms with van der Waals surface area (Å²) in [6, 6.07) is 0.843. The molecule has 11 heteroatoms. The van der Waals surface area contributed by atoms with Crippen LogP contribution in [-0.4, -0.2) is 66.0 Å². The number of rotatable bonds is 6. The van der Waals surface area contributed by atoms with Crippen LogP contribution in [0.3, 0.4) is 0 Å². The van der Waals surface area contributed by atoms with Gasteiger partial charge in [0, 0.05) is 43.5 Å². The standard InChI is InChI=1S/C24H29F2N7OS/c1-32-11-19(28-13-32)17-8-15(16-9-20(23(25)26)33(2)12-21(16)34-3)18(10-27-17)29-24-31-30-22(35-24)7-6-14-4-5-14/h8-12,14,20,22-24,28-31H,4-5,13H2,1-3H3. The van der Waals surface area contributed by atoms with E-state index >= 15 is 0 Å². The molecule has 0 radical (unpaired) electrons. The van der Waals surface area contributed by atoms with Gasteiger partial charge in [-0.2, -0.15) is 0 Å². The Hall–Kier alpha value is -2.94. The highest BCUT2D eigenvalue weighted by molar-refractivity contribution is 8.01. The van der Waals surface area contributed by atoms with Crippen molar-refractivity contribution in [2.24, 2.45) is 5.92 Å². The van der Waals surface area contributed by atoms with Gasteiger partial charge in [-0.15, -0.1) is 0 Å². The minimum Gasteiger partial charge on any atom is -0.495 e. The normalized spacial score (nSPS) is 26.0. The average molecular weight is 502 g/mol. The van der Waals surface area contributed by atoms with Crippen LogP contribution in [0.15, 0.2) is 36.5 Å². The molecule has 4 aliphatic rings. The number of allylic oxidation sites excluding steroid dienone is 1. The maximum absolute atomic E-state index is 13.8. The predicted octanol–water partition coefficient (Wildman–Crippen LogP) is 2.60. The molecule has 0 aromatic carbocycles. The van der Waals surface area contributed by atoms with Crippen LogP contribution in [0.25, 0.3) is 11.3 Å². The molecule has 1 aromatic heterocycles. The Labute approximate surface area is 208 Å². The molecule has 1 aliphatic carbocycles. The minimum atomic E-state index is -2.54. The maximum atomic E-state index is 13.8. The van der Waals surface area contributed by atoms with Crippen molar-refractivity contribution in [3.05, 3.63) is 47.8 Å². The number of hydrogen-bond acceptors (Lipinski definition) is 9. The number of anilines is 1. The van der Waals surface area contributed by atoms with Crippen LogP contribution in [0.4, 0.5) is 14.5 Å². The maximum Gasteiger partial charge on any atom is 0.262 e. The van der Waals surface area contributed by atoms with E-state index in [9.17, 15) is 8.78 Å². The second-order valence-corrected chi connectivity index (χ2v) is 10.1. The number of thioether (sulfide) groups is 1. The van der Waals surface area contributed by atoms with Crippen molar-refractivity contribution in [1.82, 2.24) is 31.0 Å². The fraction of sp³-hybridized carbons (Fsp3) is 0.458. The van der Waals surface area contributed by atoms with Gasteiger partial charge in [-0.1, -0.05) is 23.6 Å². The summed E-state index contributed by atoms with van der Waals surface area (Å²) in [4.78, 5) is 8.13. The Balaban J connectivity index is 1.47. The largest absolute Gasteiger partial charge is 0.495 e. The van der Waals surface area contributed by atoms with Gasteiger partial charge in [-0.05, 0) is 25.0 Å². The van der Waals surface area contributed by atoms with Crippen molar-refractivity contribution in [3.63, 3.8) is 0 Å². The van der Waals surface area contributed by atoms with Gasteiger partial charge in [0.2, 0.25) is 0 Å². The van der Waals surface area contributed by atoms with Gasteiger partial charge in [0.05, 0.1) is 37.1 Å². The average Bonchev–Trinajstić information content (AvgIpc) is 3.40. The van der Waals surface area contributed by atoms with E-state index in [1.54, 1.807) is 44.4 Å². The third-order valence-electron chi connectivity index (χ3n) is 6.11. The van der Waals surface area contributed by atoms with Crippen LogP contribution >= 0.6 is 11.8 Å². The van der Waals surface area contributed by atoms with Crippen molar-refractivity contribution < 1.29 is 13.5 Å². The lowest BCUT2D eigenvalue weighted by Crippen LogP contribution is -2.37. The van der Waals surface area contributed by atoms with E-state index in [0.29, 0.717) is 29.6 Å². The first kappa shape index (κ1) is 23.8. The SMILES string of the molecule is COC1=CN(C)C(C(F)F)C=C1c1cc(C2=CN(C)CN2)ncc1NC1NNC(C#CC2CC2)S1. The first-order chi connectivity index (χ1) is 16.9. The second-order valence-electron chi connectivity index (χ2n) is 8.91. The van der Waals surface area contributed by atoms with E-state index < -0.39 is 12.5 Å². The highest BCUT2D eigenvalue weighted by Crippen LogP contribution is 2.37. The topological polar surface area (TPSA) is 76.7 Å². The molecule has 0 bridgehead atoms. The molecule has 1 aromatic rings. The molecule has 1 saturated carbocycles. The van der Waals surface area contributed by atoms with Crippen molar-refractivity contribution in [3.8, 4) is 11.8 Å². The summed E-state index contributed by atoms with van der Waals surface area (Å²) < 4.78 is 33.3. The molecule has 0 amide bonds. The van der Waals surface area contributed by atoms with Gasteiger partial charge < -0.3 is 25.2 Å². The molecular weight excluding hydrogens is 472 g/mol. The van der Waals surface area contributed by atoms with Gasteiger partial charge in [-0.25, -0.2) is 19.6 Å². The summed E-state index contributed by atoms with van der Waals surface area (Å²) in [5, 5.41) is 6.72. The molecule has 8 nitrogen and oxygen atoms in total. The van der Waals surface area contributed by atoms with E-state index in [1.807, 2.05) is 24.2 Å². The van der Waals surface area contributed by atoms with Crippen molar-refractivity contribution in [1.29, 1.82) is 0 Å². The smallest absolute Gasteiger partial charge is 0.262 e. The van der Waals surface area contributed by atoms with E-state index in [4.69, 9.17) is 4.74 Å². The summed E-state index contributed by atoms with van der Waals surface area (Å²) in [6.45, 7) is 0.675. The number of pyridine rings is 1. The Kier molecular flexibility index (Phi) is 6.77. The Morgan fingerprint density at radius 3 is 2.74 bits per heavy atom. The van der Waals surface area contributed by atoms with Gasteiger partial charge >= 0.3 is 0 Å². The molecule has 186 valence electrons. The molecule has 0 spiro atoms. The molecule has 35 heavy (non-hydrogen) atoms. The Morgan fingerprint density at radius 1 is 1.23 bits per heavy atom. The number of nitrogens with one attached hydrogen (secondary N) is 4. The number of alkyl halides is 2. The monoisotopic (exact) mass is 501 g/mol. The zero-order valence-corrected chi connectivity index (χ0v) is 20.6. The summed E-state index contributed by atoms with van der Waals surface area (Å²) in [6.07, 6.45) is 6.71. The molecule has 3 unspecified atom stereocenters. The molecule has 3 aliphatic heterocycles. The van der Waals surface area contributed by atoms with Crippen LogP contribution in [0.2, 0.25) is 0 Å². The lowest BCUT2D eigenvalue weighted by atomic mass is 9.97. The van der Waals surface area contributed by atoms with E-state index in [-0.39, 0.29) is 10.9 Å². The highest BCUT2D eigenvalue weighted by Gasteiger charge is 2.31. The van der Waals surface area contributed by atoms with Crippen molar-refractivity contribution in [2.45, 2.75) is 36.2 Å². The van der Waals surface area contributed by atoms with Crippen LogP contribution in [0.1, 0.15) is 24.1 Å². The van der Waals surface area contributed by atoms with Crippen LogP contribution in [0, 0.1) is 17.8 Å². The third kappa shape index (κ3) is 5.34. The number of halogens is 2. The fourth-order valence-corrected chi connectivity index (χ4v) is 4.90. The number of aromatic nitrogens is 1. The molecule has 4 N–H and O–H groups in total. The van der Waals surface area contributed by atoms with Crippen LogP contribution in [0.5, 0.6) is 0 Å². The number of ether oxygens (including phenoxy) is 1. The van der Waals surface area contributed by atoms with Crippen LogP contribution < -0.4 is 21.5 Å². The summed E-state index contributed by atoms with van der Waals surface area (Å²) in [5.74, 6) is 7.58.